The van der Waals surface area contributed by atoms with Gasteiger partial charge in [0.05, 0.1) is 5.56 Å². The maximum Gasteiger partial charge on any atom is 0.253 e. The summed E-state index contributed by atoms with van der Waals surface area (Å²) in [5.74, 6) is -0.0560. The standard InChI is InChI=1S/C21H25N5O/c1-14-19-12-17(13-22-20(19)25-24-14)21(27)23-18-8-10-26(11-9-18)15(2)16-6-4-3-5-7-16/h3-7,12-13,15,18H,8-11H2,1-2H3,(H,23,27)(H,22,24,25). The zero-order chi connectivity index (χ0) is 18.8. The van der Waals surface area contributed by atoms with Gasteiger partial charge in [0, 0.05) is 42.5 Å². The van der Waals surface area contributed by atoms with E-state index >= 15 is 0 Å². The van der Waals surface area contributed by atoms with E-state index in [-0.39, 0.29) is 11.9 Å². The zero-order valence-electron chi connectivity index (χ0n) is 15.8. The Kier molecular flexibility index (Phi) is 4.90. The lowest BCUT2D eigenvalue weighted by atomic mass is 10.00. The van der Waals surface area contributed by atoms with Crippen LogP contribution >= 0.6 is 0 Å². The van der Waals surface area contributed by atoms with Crippen molar-refractivity contribution >= 4 is 16.9 Å². The highest BCUT2D eigenvalue weighted by Crippen LogP contribution is 2.24. The van der Waals surface area contributed by atoms with Gasteiger partial charge >= 0.3 is 0 Å². The molecule has 2 N–H and O–H groups in total. The molecule has 1 fully saturated rings. The van der Waals surface area contributed by atoms with Crippen LogP contribution in [0.5, 0.6) is 0 Å². The number of aromatic amines is 1. The summed E-state index contributed by atoms with van der Waals surface area (Å²) >= 11 is 0. The summed E-state index contributed by atoms with van der Waals surface area (Å²) < 4.78 is 0. The molecule has 3 heterocycles. The minimum absolute atomic E-state index is 0.0560. The first kappa shape index (κ1) is 17.7. The smallest absolute Gasteiger partial charge is 0.253 e. The molecule has 0 saturated carbocycles. The van der Waals surface area contributed by atoms with Crippen molar-refractivity contribution < 1.29 is 4.79 Å². The third-order valence-electron chi connectivity index (χ3n) is 5.56. The summed E-state index contributed by atoms with van der Waals surface area (Å²) in [5, 5.41) is 11.1. The molecule has 1 unspecified atom stereocenters. The number of rotatable bonds is 4. The number of hydrogen-bond acceptors (Lipinski definition) is 4. The fraction of sp³-hybridized carbons (Fsp3) is 0.381. The Morgan fingerprint density at radius 3 is 2.74 bits per heavy atom. The molecule has 3 aromatic rings. The molecule has 1 aromatic carbocycles. The fourth-order valence-corrected chi connectivity index (χ4v) is 3.79. The average molecular weight is 363 g/mol. The van der Waals surface area contributed by atoms with Gasteiger partial charge in [0.2, 0.25) is 0 Å². The van der Waals surface area contributed by atoms with Crippen LogP contribution in [0.2, 0.25) is 0 Å². The van der Waals surface area contributed by atoms with E-state index in [0.717, 1.165) is 37.0 Å². The monoisotopic (exact) mass is 363 g/mol. The second-order valence-electron chi connectivity index (χ2n) is 7.31. The van der Waals surface area contributed by atoms with Gasteiger partial charge in [-0.2, -0.15) is 5.10 Å². The lowest BCUT2D eigenvalue weighted by Crippen LogP contribution is -2.45. The number of carbonyl (C=O) groups excluding carboxylic acids is 1. The van der Waals surface area contributed by atoms with Gasteiger partial charge in [0.25, 0.3) is 5.91 Å². The SMILES string of the molecule is Cc1[nH]nc2ncc(C(=O)NC3CCN(C(C)c4ccccc4)CC3)cc12. The molecule has 1 amide bonds. The molecule has 4 rings (SSSR count). The molecule has 6 nitrogen and oxygen atoms in total. The maximum absolute atomic E-state index is 12.6. The lowest BCUT2D eigenvalue weighted by molar-refractivity contribution is 0.0896. The third kappa shape index (κ3) is 3.71. The highest BCUT2D eigenvalue weighted by molar-refractivity contribution is 5.97. The van der Waals surface area contributed by atoms with Gasteiger partial charge in [-0.1, -0.05) is 30.3 Å². The summed E-state index contributed by atoms with van der Waals surface area (Å²) in [4.78, 5) is 19.4. The number of fused-ring (bicyclic) bond motifs is 1. The number of amides is 1. The van der Waals surface area contributed by atoms with E-state index in [0.29, 0.717) is 17.3 Å². The van der Waals surface area contributed by atoms with Crippen LogP contribution in [0.4, 0.5) is 0 Å². The van der Waals surface area contributed by atoms with Crippen LogP contribution in [-0.2, 0) is 0 Å². The van der Waals surface area contributed by atoms with Gasteiger partial charge in [-0.25, -0.2) is 4.98 Å². The van der Waals surface area contributed by atoms with E-state index in [4.69, 9.17) is 0 Å². The first-order valence-electron chi connectivity index (χ1n) is 9.52. The van der Waals surface area contributed by atoms with E-state index in [1.807, 2.05) is 13.0 Å². The number of likely N-dealkylation sites (tertiary alicyclic amines) is 1. The van der Waals surface area contributed by atoms with E-state index in [9.17, 15) is 4.79 Å². The number of aromatic nitrogens is 3. The number of hydrogen-bond donors (Lipinski definition) is 2. The van der Waals surface area contributed by atoms with E-state index < -0.39 is 0 Å². The van der Waals surface area contributed by atoms with Crippen LogP contribution in [0, 0.1) is 6.92 Å². The van der Waals surface area contributed by atoms with E-state index in [1.165, 1.54) is 5.56 Å². The second kappa shape index (κ2) is 7.48. The number of H-pyrrole nitrogens is 1. The maximum atomic E-state index is 12.6. The predicted molar refractivity (Wildman–Crippen MR) is 106 cm³/mol. The number of piperidine rings is 1. The number of benzene rings is 1. The van der Waals surface area contributed by atoms with Crippen LogP contribution in [-0.4, -0.2) is 45.1 Å². The Morgan fingerprint density at radius 1 is 1.26 bits per heavy atom. The Morgan fingerprint density at radius 2 is 2.00 bits per heavy atom. The first-order valence-corrected chi connectivity index (χ1v) is 9.52. The molecule has 6 heteroatoms. The molecule has 140 valence electrons. The van der Waals surface area contributed by atoms with Crippen LogP contribution in [0.25, 0.3) is 11.0 Å². The molecule has 27 heavy (non-hydrogen) atoms. The number of aryl methyl sites for hydroxylation is 1. The summed E-state index contributed by atoms with van der Waals surface area (Å²) in [6.07, 6.45) is 3.53. The molecule has 1 aliphatic heterocycles. The molecule has 0 spiro atoms. The van der Waals surface area contributed by atoms with Crippen molar-refractivity contribution in [1.29, 1.82) is 0 Å². The highest BCUT2D eigenvalue weighted by Gasteiger charge is 2.25. The quantitative estimate of drug-likeness (QED) is 0.746. The number of pyridine rings is 1. The van der Waals surface area contributed by atoms with E-state index in [1.54, 1.807) is 6.20 Å². The Hall–Kier alpha value is -2.73. The molecule has 1 saturated heterocycles. The van der Waals surface area contributed by atoms with Crippen LogP contribution in [0.15, 0.2) is 42.6 Å². The van der Waals surface area contributed by atoms with Crippen LogP contribution < -0.4 is 5.32 Å². The fourth-order valence-electron chi connectivity index (χ4n) is 3.79. The molecule has 0 bridgehead atoms. The average Bonchev–Trinajstić information content (AvgIpc) is 3.09. The molecule has 0 aliphatic carbocycles. The molecule has 1 atom stereocenters. The summed E-state index contributed by atoms with van der Waals surface area (Å²) in [6, 6.07) is 13.1. The van der Waals surface area contributed by atoms with Crippen molar-refractivity contribution in [3.63, 3.8) is 0 Å². The Balaban J connectivity index is 1.35. The third-order valence-corrected chi connectivity index (χ3v) is 5.56. The van der Waals surface area contributed by atoms with Crippen LogP contribution in [0.3, 0.4) is 0 Å². The first-order chi connectivity index (χ1) is 13.1. The normalized spacial score (nSPS) is 17.1. The minimum Gasteiger partial charge on any atom is -0.349 e. The van der Waals surface area contributed by atoms with Crippen molar-refractivity contribution in [2.45, 2.75) is 38.8 Å². The highest BCUT2D eigenvalue weighted by atomic mass is 16.1. The minimum atomic E-state index is -0.0560. The van der Waals surface area contributed by atoms with Gasteiger partial charge in [-0.15, -0.1) is 0 Å². The number of carbonyl (C=O) groups is 1. The van der Waals surface area contributed by atoms with Gasteiger partial charge in [-0.3, -0.25) is 14.8 Å². The van der Waals surface area contributed by atoms with Gasteiger partial charge in [0.1, 0.15) is 0 Å². The van der Waals surface area contributed by atoms with Crippen LogP contribution in [0.1, 0.15) is 47.4 Å². The topological polar surface area (TPSA) is 73.9 Å². The summed E-state index contributed by atoms with van der Waals surface area (Å²) in [7, 11) is 0. The summed E-state index contributed by atoms with van der Waals surface area (Å²) in [5.41, 5.74) is 3.50. The number of nitrogens with one attached hydrogen (secondary N) is 2. The Bertz CT molecular complexity index is 928. The zero-order valence-corrected chi connectivity index (χ0v) is 15.8. The van der Waals surface area contributed by atoms with Crippen molar-refractivity contribution in [3.8, 4) is 0 Å². The van der Waals surface area contributed by atoms with Crippen molar-refractivity contribution in [2.75, 3.05) is 13.1 Å². The van der Waals surface area contributed by atoms with Crippen molar-refractivity contribution in [1.82, 2.24) is 25.4 Å². The largest absolute Gasteiger partial charge is 0.349 e. The predicted octanol–water partition coefficient (Wildman–Crippen LogP) is 3.22. The molecular weight excluding hydrogens is 338 g/mol. The number of nitrogens with zero attached hydrogens (tertiary/aromatic N) is 3. The van der Waals surface area contributed by atoms with Crippen molar-refractivity contribution in [3.05, 3.63) is 59.4 Å². The second-order valence-corrected chi connectivity index (χ2v) is 7.31. The Labute approximate surface area is 159 Å². The lowest BCUT2D eigenvalue weighted by Gasteiger charge is -2.36. The van der Waals surface area contributed by atoms with Gasteiger partial charge in [0.15, 0.2) is 5.65 Å². The van der Waals surface area contributed by atoms with Gasteiger partial charge < -0.3 is 5.32 Å². The molecule has 2 aromatic heterocycles. The van der Waals surface area contributed by atoms with Crippen molar-refractivity contribution in [2.24, 2.45) is 0 Å². The summed E-state index contributed by atoms with van der Waals surface area (Å²) in [6.45, 7) is 6.16. The molecular formula is C21H25N5O. The molecule has 0 radical (unpaired) electrons. The van der Waals surface area contributed by atoms with E-state index in [2.05, 4.69) is 62.7 Å². The molecule has 1 aliphatic rings. The van der Waals surface area contributed by atoms with Gasteiger partial charge in [-0.05, 0) is 38.3 Å².